The van der Waals surface area contributed by atoms with Crippen molar-refractivity contribution in [1.29, 1.82) is 0 Å². The third-order valence-corrected chi connectivity index (χ3v) is 9.18. The molecule has 20 heavy (non-hydrogen) atoms. The predicted octanol–water partition coefficient (Wildman–Crippen LogP) is -2.88. The number of H-pyrrole nitrogens is 1. The Balaban J connectivity index is 0.000001000. The molecule has 0 bridgehead atoms. The Hall–Kier alpha value is -0.0800. The van der Waals surface area contributed by atoms with Gasteiger partial charge in [0.15, 0.2) is 0 Å². The van der Waals surface area contributed by atoms with Gasteiger partial charge >= 0.3 is 122 Å². The molecule has 2 aromatic rings. The zero-order valence-corrected chi connectivity index (χ0v) is 16.7. The second kappa shape index (κ2) is 7.79. The van der Waals surface area contributed by atoms with Crippen molar-refractivity contribution < 1.29 is 48.0 Å². The molecule has 0 radical (unpaired) electrons. The van der Waals surface area contributed by atoms with E-state index in [9.17, 15) is 0 Å². The van der Waals surface area contributed by atoms with E-state index in [2.05, 4.69) is 60.6 Å². The van der Waals surface area contributed by atoms with Crippen molar-refractivity contribution in [2.24, 2.45) is 0 Å². The summed E-state index contributed by atoms with van der Waals surface area (Å²) in [7, 11) is -0.636. The molecule has 1 heterocycles. The van der Waals surface area contributed by atoms with E-state index < -0.39 is 32.0 Å². The zero-order chi connectivity index (χ0) is 12.5. The fraction of sp³-hybridized carbons (Fsp3) is 0.200. The summed E-state index contributed by atoms with van der Waals surface area (Å²) in [5, 5.41) is 3.10. The van der Waals surface area contributed by atoms with E-state index in [0.29, 0.717) is 0 Å². The van der Waals surface area contributed by atoms with Gasteiger partial charge in [-0.1, -0.05) is 0 Å². The number of para-hydroxylation sites is 1. The van der Waals surface area contributed by atoms with Crippen molar-refractivity contribution in [1.82, 2.24) is 4.98 Å². The molecule has 0 atom stereocenters. The van der Waals surface area contributed by atoms with Crippen LogP contribution >= 0.6 is 0 Å². The van der Waals surface area contributed by atoms with Crippen LogP contribution in [0.1, 0.15) is 6.42 Å². The summed E-state index contributed by atoms with van der Waals surface area (Å²) in [6, 6.07) is 11.0. The molecule has 0 spiro atoms. The summed E-state index contributed by atoms with van der Waals surface area (Å²) in [4.78, 5) is 3.61. The molecule has 0 saturated heterocycles. The van der Waals surface area contributed by atoms with Crippen molar-refractivity contribution >= 4 is 23.1 Å². The second-order valence-electron chi connectivity index (χ2n) is 5.09. The van der Waals surface area contributed by atoms with Crippen LogP contribution in [0.25, 0.3) is 10.9 Å². The predicted molar refractivity (Wildman–Crippen MR) is 77.6 cm³/mol. The molecule has 0 aliphatic heterocycles. The van der Waals surface area contributed by atoms with Gasteiger partial charge in [-0.2, -0.15) is 0 Å². The standard InChI is InChI=1S/C8H6N.C7H11Si.2ClH.Zr/c1-2-4-8-7(3-1)5-6-9-8;1-8(2)7-5-3-4-6-7;;;/h1-5,9H;3,5,8H,4H2,1-2H3;2*1H;/q;;;;+2/p-2. The number of hydrogen-bond acceptors (Lipinski definition) is 0. The minimum absolute atomic E-state index is 0. The fourth-order valence-electron chi connectivity index (χ4n) is 2.49. The Morgan fingerprint density at radius 3 is 2.60 bits per heavy atom. The summed E-state index contributed by atoms with van der Waals surface area (Å²) < 4.78 is 3.32. The van der Waals surface area contributed by atoms with Crippen LogP contribution in [0.2, 0.25) is 13.1 Å². The molecule has 0 fully saturated rings. The minimum atomic E-state index is -0.636. The molecule has 1 aliphatic rings. The number of rotatable bonds is 3. The van der Waals surface area contributed by atoms with Crippen LogP contribution in [0, 0.1) is 0 Å². The number of hydrogen-bond donors (Lipinski definition) is 1. The Morgan fingerprint density at radius 1 is 1.15 bits per heavy atom. The zero-order valence-electron chi connectivity index (χ0n) is 11.6. The van der Waals surface area contributed by atoms with Crippen LogP contribution in [0.5, 0.6) is 0 Å². The summed E-state index contributed by atoms with van der Waals surface area (Å²) in [6.45, 7) is 4.88. The normalized spacial score (nSPS) is 13.3. The number of aromatic amines is 1. The average Bonchev–Trinajstić information content (AvgIpc) is 2.94. The van der Waals surface area contributed by atoms with Gasteiger partial charge in [0.25, 0.3) is 0 Å². The summed E-state index contributed by atoms with van der Waals surface area (Å²) in [5.41, 5.74) is 1.29. The van der Waals surface area contributed by atoms with Crippen molar-refractivity contribution in [2.45, 2.75) is 19.5 Å². The van der Waals surface area contributed by atoms with Crippen LogP contribution in [0.3, 0.4) is 0 Å². The van der Waals surface area contributed by atoms with Gasteiger partial charge in [-0.3, -0.25) is 0 Å². The monoisotopic (exact) mass is 399 g/mol. The molecule has 1 aromatic carbocycles. The molecule has 1 aromatic heterocycles. The average molecular weight is 402 g/mol. The van der Waals surface area contributed by atoms with Crippen molar-refractivity contribution in [3.05, 3.63) is 51.0 Å². The molecule has 0 unspecified atom stereocenters. The Bertz CT molecular complexity index is 613. The maximum atomic E-state index is 3.61. The first-order valence-electron chi connectivity index (χ1n) is 6.48. The van der Waals surface area contributed by atoms with Crippen LogP contribution in [0.4, 0.5) is 0 Å². The van der Waals surface area contributed by atoms with Gasteiger partial charge in [-0.25, -0.2) is 0 Å². The first-order chi connectivity index (χ1) is 8.74. The van der Waals surface area contributed by atoms with E-state index in [1.54, 1.807) is 8.48 Å². The quantitative estimate of drug-likeness (QED) is 0.532. The number of nitrogens with one attached hydrogen (secondary N) is 1. The van der Waals surface area contributed by atoms with E-state index in [0.717, 1.165) is 0 Å². The number of fused-ring (bicyclic) bond motifs is 1. The van der Waals surface area contributed by atoms with E-state index in [4.69, 9.17) is 0 Å². The van der Waals surface area contributed by atoms with E-state index in [1.807, 2.05) is 0 Å². The maximum Gasteiger partial charge on any atom is -1.00 e. The van der Waals surface area contributed by atoms with Gasteiger partial charge in [0, 0.05) is 0 Å². The van der Waals surface area contributed by atoms with Crippen LogP contribution in [-0.2, 0) is 23.2 Å². The number of aromatic nitrogens is 1. The Labute approximate surface area is 145 Å². The van der Waals surface area contributed by atoms with Gasteiger partial charge < -0.3 is 24.8 Å². The minimum Gasteiger partial charge on any atom is -1.00 e. The van der Waals surface area contributed by atoms with Gasteiger partial charge in [-0.15, -0.1) is 0 Å². The first kappa shape index (κ1) is 18.0. The molecule has 1 nitrogen and oxygen atoms in total. The molecule has 3 rings (SSSR count). The smallest absolute Gasteiger partial charge is 1.00 e. The van der Waals surface area contributed by atoms with Crippen LogP contribution < -0.4 is 28.2 Å². The van der Waals surface area contributed by atoms with Gasteiger partial charge in [-0.05, 0) is 0 Å². The molecular formula is C15H17Cl2NSiZr. The third kappa shape index (κ3) is 3.76. The maximum absolute atomic E-state index is 3.61. The number of allylic oxidation sites excluding steroid dienone is 4. The first-order valence-corrected chi connectivity index (χ1v) is 11.8. The van der Waals surface area contributed by atoms with Gasteiger partial charge in [0.2, 0.25) is 0 Å². The van der Waals surface area contributed by atoms with E-state index in [-0.39, 0.29) is 24.8 Å². The molecule has 5 heteroatoms. The Morgan fingerprint density at radius 2 is 1.90 bits per heavy atom. The van der Waals surface area contributed by atoms with Gasteiger partial charge in [0.1, 0.15) is 0 Å². The summed E-state index contributed by atoms with van der Waals surface area (Å²) in [6.07, 6.45) is 5.99. The van der Waals surface area contributed by atoms with Crippen LogP contribution in [0.15, 0.2) is 51.0 Å². The number of halogens is 2. The third-order valence-electron chi connectivity index (χ3n) is 3.41. The fourth-order valence-corrected chi connectivity index (χ4v) is 9.32. The molecule has 0 saturated carbocycles. The molecule has 0 amide bonds. The summed E-state index contributed by atoms with van der Waals surface area (Å²) in [5.74, 6) is 0. The SMILES string of the molecule is C[SiH](C)C1=[C]([Zr+2][c]2cc3ccccc3[nH]2)CC=C1.[Cl-].[Cl-]. The molecule has 1 aliphatic carbocycles. The van der Waals surface area contributed by atoms with E-state index in [1.165, 1.54) is 20.7 Å². The van der Waals surface area contributed by atoms with Crippen LogP contribution in [-0.4, -0.2) is 13.8 Å². The van der Waals surface area contributed by atoms with Crippen molar-refractivity contribution in [2.75, 3.05) is 0 Å². The van der Waals surface area contributed by atoms with Crippen molar-refractivity contribution in [3.63, 3.8) is 0 Å². The largest absolute Gasteiger partial charge is 1.00 e. The summed E-state index contributed by atoms with van der Waals surface area (Å²) >= 11 is -0.596. The van der Waals surface area contributed by atoms with E-state index >= 15 is 0 Å². The molecule has 1 N–H and O–H groups in total. The molecular weight excluding hydrogens is 384 g/mol. The topological polar surface area (TPSA) is 15.8 Å². The Kier molecular flexibility index (Phi) is 7.00. The van der Waals surface area contributed by atoms with Gasteiger partial charge in [0.05, 0.1) is 0 Å². The number of benzene rings is 1. The second-order valence-corrected chi connectivity index (χ2v) is 11.4. The van der Waals surface area contributed by atoms with Crippen molar-refractivity contribution in [3.8, 4) is 0 Å². The molecule has 104 valence electrons.